The molecule has 120 valence electrons. The first kappa shape index (κ1) is 15.8. The number of nitrogens with zero attached hydrogens (tertiary/aromatic N) is 1. The van der Waals surface area contributed by atoms with Crippen molar-refractivity contribution >= 4 is 23.4 Å². The molecule has 2 N–H and O–H groups in total. The lowest BCUT2D eigenvalue weighted by molar-refractivity contribution is -0.134. The van der Waals surface area contributed by atoms with E-state index in [1.165, 1.54) is 11.1 Å². The lowest BCUT2D eigenvalue weighted by Gasteiger charge is -2.32. The van der Waals surface area contributed by atoms with Gasteiger partial charge >= 0.3 is 0 Å². The standard InChI is InChI=1S/C17H24N2O2S/c1-2-19-9-6-14-13(12-19)4-3-5-15(14)18-16(20)17(21)7-10-22-11-8-17/h3-5,21H,2,6-12H2,1H3,(H,18,20). The molecule has 1 saturated heterocycles. The minimum absolute atomic E-state index is 0.237. The normalized spacial score (nSPS) is 21.2. The number of carbonyl (C=O) groups is 1. The average molecular weight is 320 g/mol. The van der Waals surface area contributed by atoms with Gasteiger partial charge in [-0.25, -0.2) is 0 Å². The summed E-state index contributed by atoms with van der Waals surface area (Å²) in [5.74, 6) is 1.46. The molecule has 4 nitrogen and oxygen atoms in total. The number of benzene rings is 1. The average Bonchev–Trinajstić information content (AvgIpc) is 2.55. The molecule has 0 aromatic heterocycles. The van der Waals surface area contributed by atoms with Gasteiger partial charge in [0.2, 0.25) is 0 Å². The van der Waals surface area contributed by atoms with Crippen molar-refractivity contribution in [2.24, 2.45) is 0 Å². The predicted molar refractivity (Wildman–Crippen MR) is 91.2 cm³/mol. The van der Waals surface area contributed by atoms with Gasteiger partial charge < -0.3 is 10.4 Å². The minimum atomic E-state index is -1.20. The summed E-state index contributed by atoms with van der Waals surface area (Å²) in [5.41, 5.74) is 2.20. The number of nitrogens with one attached hydrogen (secondary N) is 1. The van der Waals surface area contributed by atoms with Crippen LogP contribution in [0.2, 0.25) is 0 Å². The second-order valence-corrected chi connectivity index (χ2v) is 7.38. The van der Waals surface area contributed by atoms with Crippen LogP contribution in [-0.4, -0.2) is 46.1 Å². The van der Waals surface area contributed by atoms with Crippen molar-refractivity contribution in [2.75, 3.05) is 29.9 Å². The van der Waals surface area contributed by atoms with Gasteiger partial charge in [0.15, 0.2) is 0 Å². The topological polar surface area (TPSA) is 52.6 Å². The molecule has 1 aromatic rings. The Kier molecular flexibility index (Phi) is 4.76. The van der Waals surface area contributed by atoms with Gasteiger partial charge in [0.05, 0.1) is 0 Å². The second-order valence-electron chi connectivity index (χ2n) is 6.16. The fourth-order valence-corrected chi connectivity index (χ4v) is 4.40. The first-order chi connectivity index (χ1) is 10.6. The van der Waals surface area contributed by atoms with Gasteiger partial charge in [0.1, 0.15) is 5.60 Å². The molecule has 0 unspecified atom stereocenters. The molecule has 1 aromatic carbocycles. The molecule has 0 atom stereocenters. The summed E-state index contributed by atoms with van der Waals surface area (Å²) in [6.07, 6.45) is 2.04. The van der Waals surface area contributed by atoms with E-state index in [1.807, 2.05) is 12.1 Å². The fourth-order valence-electron chi connectivity index (χ4n) is 3.23. The van der Waals surface area contributed by atoms with Gasteiger partial charge in [-0.05, 0) is 54.5 Å². The summed E-state index contributed by atoms with van der Waals surface area (Å²) in [6.45, 7) is 5.19. The third-order valence-corrected chi connectivity index (χ3v) is 5.77. The van der Waals surface area contributed by atoms with Gasteiger partial charge in [-0.1, -0.05) is 19.1 Å². The molecule has 0 spiro atoms. The van der Waals surface area contributed by atoms with Gasteiger partial charge in [0.25, 0.3) is 5.91 Å². The Morgan fingerprint density at radius 3 is 2.91 bits per heavy atom. The van der Waals surface area contributed by atoms with Crippen LogP contribution >= 0.6 is 11.8 Å². The predicted octanol–water partition coefficient (Wildman–Crippen LogP) is 2.26. The highest BCUT2D eigenvalue weighted by atomic mass is 32.2. The molecule has 2 aliphatic heterocycles. The summed E-state index contributed by atoms with van der Waals surface area (Å²) < 4.78 is 0. The van der Waals surface area contributed by atoms with Crippen molar-refractivity contribution in [3.8, 4) is 0 Å². The molecule has 0 radical (unpaired) electrons. The number of likely N-dealkylation sites (N-methyl/N-ethyl adjacent to an activating group) is 1. The molecule has 2 aliphatic rings. The Bertz CT molecular complexity index is 556. The van der Waals surface area contributed by atoms with Gasteiger partial charge in [0, 0.05) is 18.8 Å². The van der Waals surface area contributed by atoms with E-state index in [2.05, 4.69) is 23.2 Å². The highest BCUT2D eigenvalue weighted by Gasteiger charge is 2.37. The first-order valence-corrected chi connectivity index (χ1v) is 9.22. The van der Waals surface area contributed by atoms with Crippen LogP contribution in [-0.2, 0) is 17.8 Å². The number of hydrogen-bond acceptors (Lipinski definition) is 4. The third-order valence-electron chi connectivity index (χ3n) is 4.78. The number of thioether (sulfide) groups is 1. The maximum Gasteiger partial charge on any atom is 0.256 e. The molecule has 1 amide bonds. The van der Waals surface area contributed by atoms with Gasteiger partial charge in [-0.15, -0.1) is 0 Å². The van der Waals surface area contributed by atoms with Crippen LogP contribution < -0.4 is 5.32 Å². The Morgan fingerprint density at radius 2 is 2.18 bits per heavy atom. The number of fused-ring (bicyclic) bond motifs is 1. The lowest BCUT2D eigenvalue weighted by atomic mass is 9.94. The molecule has 0 bridgehead atoms. The number of rotatable bonds is 3. The third kappa shape index (κ3) is 3.16. The second kappa shape index (κ2) is 6.60. The van der Waals surface area contributed by atoms with E-state index in [9.17, 15) is 9.90 Å². The van der Waals surface area contributed by atoms with E-state index >= 15 is 0 Å². The van der Waals surface area contributed by atoms with Crippen LogP contribution in [0.3, 0.4) is 0 Å². The Morgan fingerprint density at radius 1 is 1.41 bits per heavy atom. The monoisotopic (exact) mass is 320 g/mol. The van der Waals surface area contributed by atoms with Crippen molar-refractivity contribution in [1.82, 2.24) is 4.90 Å². The number of aliphatic hydroxyl groups is 1. The molecule has 3 rings (SSSR count). The maximum atomic E-state index is 12.5. The molecular weight excluding hydrogens is 296 g/mol. The van der Waals surface area contributed by atoms with Crippen molar-refractivity contribution in [3.05, 3.63) is 29.3 Å². The molecule has 0 saturated carbocycles. The number of amides is 1. The van der Waals surface area contributed by atoms with Crippen LogP contribution in [0.15, 0.2) is 18.2 Å². The smallest absolute Gasteiger partial charge is 0.256 e. The Labute approximate surface area is 136 Å². The summed E-state index contributed by atoms with van der Waals surface area (Å²) >= 11 is 1.80. The van der Waals surface area contributed by atoms with Crippen molar-refractivity contribution in [1.29, 1.82) is 0 Å². The number of anilines is 1. The van der Waals surface area contributed by atoms with E-state index in [4.69, 9.17) is 0 Å². The summed E-state index contributed by atoms with van der Waals surface area (Å²) in [7, 11) is 0. The molecule has 22 heavy (non-hydrogen) atoms. The van der Waals surface area contributed by atoms with Crippen LogP contribution in [0.4, 0.5) is 5.69 Å². The number of carbonyl (C=O) groups excluding carboxylic acids is 1. The van der Waals surface area contributed by atoms with Crippen molar-refractivity contribution < 1.29 is 9.90 Å². The summed E-state index contributed by atoms with van der Waals surface area (Å²) in [4.78, 5) is 14.9. The Hall–Kier alpha value is -1.04. The Balaban J connectivity index is 1.77. The lowest BCUT2D eigenvalue weighted by Crippen LogP contribution is -2.46. The zero-order valence-corrected chi connectivity index (χ0v) is 13.9. The number of hydrogen-bond donors (Lipinski definition) is 2. The zero-order chi connectivity index (χ0) is 15.6. The van der Waals surface area contributed by atoms with E-state index in [0.717, 1.165) is 43.2 Å². The summed E-state index contributed by atoms with van der Waals surface area (Å²) in [6, 6.07) is 6.09. The van der Waals surface area contributed by atoms with Crippen molar-refractivity contribution in [3.63, 3.8) is 0 Å². The molecular formula is C17H24N2O2S. The van der Waals surface area contributed by atoms with E-state index in [1.54, 1.807) is 11.8 Å². The van der Waals surface area contributed by atoms with Gasteiger partial charge in [-0.3, -0.25) is 9.69 Å². The summed E-state index contributed by atoms with van der Waals surface area (Å²) in [5, 5.41) is 13.5. The van der Waals surface area contributed by atoms with Gasteiger partial charge in [-0.2, -0.15) is 11.8 Å². The molecule has 1 fully saturated rings. The van der Waals surface area contributed by atoms with Crippen LogP contribution in [0.1, 0.15) is 30.9 Å². The SMILES string of the molecule is CCN1CCc2c(cccc2NC(=O)C2(O)CCSCC2)C1. The maximum absolute atomic E-state index is 12.5. The highest BCUT2D eigenvalue weighted by molar-refractivity contribution is 7.99. The first-order valence-electron chi connectivity index (χ1n) is 8.07. The van der Waals surface area contributed by atoms with Crippen molar-refractivity contribution in [2.45, 2.75) is 38.3 Å². The molecule has 5 heteroatoms. The molecule has 0 aliphatic carbocycles. The van der Waals surface area contributed by atoms with E-state index in [0.29, 0.717) is 12.8 Å². The minimum Gasteiger partial charge on any atom is -0.380 e. The van der Waals surface area contributed by atoms with E-state index in [-0.39, 0.29) is 5.91 Å². The van der Waals surface area contributed by atoms with Crippen LogP contribution in [0.25, 0.3) is 0 Å². The van der Waals surface area contributed by atoms with E-state index < -0.39 is 5.60 Å². The zero-order valence-electron chi connectivity index (χ0n) is 13.1. The quantitative estimate of drug-likeness (QED) is 0.897. The fraction of sp³-hybridized carbons (Fsp3) is 0.588. The largest absolute Gasteiger partial charge is 0.380 e. The van der Waals surface area contributed by atoms with Crippen LogP contribution in [0.5, 0.6) is 0 Å². The van der Waals surface area contributed by atoms with Crippen LogP contribution in [0, 0.1) is 0 Å². The highest BCUT2D eigenvalue weighted by Crippen LogP contribution is 2.30. The molecule has 2 heterocycles.